The molecule has 0 fully saturated rings. The number of halogens is 2. The van der Waals surface area contributed by atoms with Crippen LogP contribution in [0.1, 0.15) is 11.1 Å². The Morgan fingerprint density at radius 2 is 1.14 bits per heavy atom. The van der Waals surface area contributed by atoms with Gasteiger partial charge in [0.15, 0.2) is 0 Å². The fraction of sp³-hybridized carbons (Fsp3) is 0.273. The Bertz CT molecular complexity index is 1050. The Labute approximate surface area is 216 Å². The van der Waals surface area contributed by atoms with Crippen LogP contribution < -0.4 is 10.6 Å². The Hall–Kier alpha value is -3.18. The van der Waals surface area contributed by atoms with Crippen LogP contribution in [0.3, 0.4) is 0 Å². The van der Waals surface area contributed by atoms with E-state index in [4.69, 9.17) is 10.4 Å². The average Bonchev–Trinajstić information content (AvgIpc) is 2.86. The maximum absolute atomic E-state index is 13.4. The van der Waals surface area contributed by atoms with E-state index in [1.165, 1.54) is 12.1 Å². The van der Waals surface area contributed by atoms with Crippen molar-refractivity contribution in [3.63, 3.8) is 0 Å². The van der Waals surface area contributed by atoms with Gasteiger partial charge in [0.2, 0.25) is 0 Å². The molecule has 2 rings (SSSR count). The number of rotatable bonds is 13. The molecule has 2 aromatic carbocycles. The van der Waals surface area contributed by atoms with Crippen molar-refractivity contribution in [1.82, 2.24) is 10.6 Å². The number of carbonyl (C=O) groups excluding carboxylic acids is 2. The molecule has 0 saturated carbocycles. The first-order chi connectivity index (χ1) is 17.2. The minimum atomic E-state index is -0.834. The maximum atomic E-state index is 13.4. The molecule has 0 aromatic heterocycles. The predicted molar refractivity (Wildman–Crippen MR) is 129 cm³/mol. The van der Waals surface area contributed by atoms with Crippen molar-refractivity contribution in [2.75, 3.05) is 13.1 Å². The predicted octanol–water partition coefficient (Wildman–Crippen LogP) is 1.21. The van der Waals surface area contributed by atoms with Crippen LogP contribution in [0, 0.1) is 11.6 Å². The summed E-state index contributed by atoms with van der Waals surface area (Å²) in [5.74, 6) is -3.85. The molecule has 0 aliphatic heterocycles. The van der Waals surface area contributed by atoms with Gasteiger partial charge in [0, 0.05) is 0 Å². The summed E-state index contributed by atoms with van der Waals surface area (Å²) in [5.41, 5.74) is 0.370. The van der Waals surface area contributed by atoms with Crippen LogP contribution in [0.4, 0.5) is 8.78 Å². The van der Waals surface area contributed by atoms with Crippen LogP contribution >= 0.6 is 0 Å². The van der Waals surface area contributed by atoms with Gasteiger partial charge >= 0.3 is 217 Å². The number of phenols is 2. The Morgan fingerprint density at radius 1 is 0.750 bits per heavy atom. The van der Waals surface area contributed by atoms with Crippen LogP contribution in [-0.4, -0.2) is 83.2 Å². The van der Waals surface area contributed by atoms with Gasteiger partial charge in [-0.15, -0.1) is 0 Å². The second-order valence-electron chi connectivity index (χ2n) is 7.17. The monoisotopic (exact) mass is 638 g/mol. The second kappa shape index (κ2) is 15.0. The molecule has 6 N–H and O–H groups in total. The molecule has 2 aromatic rings. The van der Waals surface area contributed by atoms with E-state index in [2.05, 4.69) is 20.9 Å². The summed E-state index contributed by atoms with van der Waals surface area (Å²) < 4.78 is 26.8. The van der Waals surface area contributed by atoms with Crippen molar-refractivity contribution >= 4 is 49.5 Å². The molecular formula is C22H24F2N4O6Se2. The summed E-state index contributed by atoms with van der Waals surface area (Å²) in [6.45, 7) is 0.723. The van der Waals surface area contributed by atoms with E-state index >= 15 is 0 Å². The number of benzene rings is 2. The van der Waals surface area contributed by atoms with E-state index in [-0.39, 0.29) is 50.5 Å². The van der Waals surface area contributed by atoms with Crippen LogP contribution in [0.25, 0.3) is 0 Å². The van der Waals surface area contributed by atoms with E-state index in [9.17, 15) is 28.6 Å². The summed E-state index contributed by atoms with van der Waals surface area (Å²) in [5, 5.41) is 49.3. The molecule has 194 valence electrons. The number of oxime groups is 2. The van der Waals surface area contributed by atoms with Crippen molar-refractivity contribution in [2.45, 2.75) is 23.5 Å². The van der Waals surface area contributed by atoms with E-state index in [0.717, 1.165) is 34.9 Å². The third-order valence-corrected chi connectivity index (χ3v) is 11.9. The number of hydrogen-bond acceptors (Lipinski definition) is 8. The first-order valence-corrected chi connectivity index (χ1v) is 17.2. The molecule has 0 spiro atoms. The number of hydrogen-bond donors (Lipinski definition) is 6. The number of nitrogens with one attached hydrogen (secondary N) is 2. The van der Waals surface area contributed by atoms with Crippen LogP contribution in [0.15, 0.2) is 46.7 Å². The molecule has 10 nitrogen and oxygen atoms in total. The second-order valence-corrected chi connectivity index (χ2v) is 15.0. The molecule has 0 aliphatic carbocycles. The molecule has 36 heavy (non-hydrogen) atoms. The Balaban J connectivity index is 1.62. The zero-order valence-corrected chi connectivity index (χ0v) is 22.2. The number of carbonyl (C=O) groups is 2. The van der Waals surface area contributed by atoms with Gasteiger partial charge in [-0.2, -0.15) is 0 Å². The normalized spacial score (nSPS) is 11.8. The van der Waals surface area contributed by atoms with Gasteiger partial charge in [-0.1, -0.05) is 0 Å². The van der Waals surface area contributed by atoms with Crippen LogP contribution in [-0.2, 0) is 22.4 Å². The fourth-order valence-electron chi connectivity index (χ4n) is 2.76. The van der Waals surface area contributed by atoms with Gasteiger partial charge in [-0.25, -0.2) is 0 Å². The molecule has 2 amide bonds. The number of amides is 2. The van der Waals surface area contributed by atoms with Gasteiger partial charge in [-0.05, 0) is 0 Å². The number of phenolic OH excluding ortho intramolecular Hbond substituents is 2. The average molecular weight is 636 g/mol. The third-order valence-electron chi connectivity index (χ3n) is 4.56. The molecule has 0 unspecified atom stereocenters. The standard InChI is InChI=1S/C22H24F2N4O6Se2/c23-15-9-13(1-3-19(15)29)11-17(27-33)21(31)25-5-7-35-36-8-6-26-22(32)18(28-34)12-14-2-4-20(30)16(24)10-14/h1-4,9-10,29-30,33-34H,5-8,11-12H2,(H,25,31)(H,26,32). The summed E-state index contributed by atoms with van der Waals surface area (Å²) in [4.78, 5) is 24.3. The van der Waals surface area contributed by atoms with E-state index in [1.807, 2.05) is 0 Å². The van der Waals surface area contributed by atoms with Crippen LogP contribution in [0.5, 0.6) is 11.5 Å². The molecule has 0 atom stereocenters. The van der Waals surface area contributed by atoms with E-state index in [0.29, 0.717) is 24.2 Å². The first kappa shape index (κ1) is 29.1. The van der Waals surface area contributed by atoms with Crippen molar-refractivity contribution in [3.05, 3.63) is 59.2 Å². The molecule has 0 bridgehead atoms. The van der Waals surface area contributed by atoms with Gasteiger partial charge in [0.1, 0.15) is 0 Å². The fourth-order valence-corrected chi connectivity index (χ4v) is 8.42. The summed E-state index contributed by atoms with van der Waals surface area (Å²) >= 11 is 0.443. The van der Waals surface area contributed by atoms with Gasteiger partial charge in [-0.3, -0.25) is 0 Å². The SMILES string of the molecule is O=C(NCC[Se][Se]CCNC(=O)C(Cc1ccc(O)c(F)c1)=NO)C(Cc1ccc(O)c(F)c1)=NO. The zero-order chi connectivity index (χ0) is 26.5. The number of aromatic hydroxyl groups is 2. The van der Waals surface area contributed by atoms with Crippen molar-refractivity contribution in [2.24, 2.45) is 10.3 Å². The summed E-state index contributed by atoms with van der Waals surface area (Å²) in [6, 6.07) is 7.26. The number of nitrogens with zero attached hydrogens (tertiary/aromatic N) is 2. The minimum absolute atomic E-state index is 0.102. The van der Waals surface area contributed by atoms with Crippen molar-refractivity contribution < 1.29 is 39.0 Å². The molecule has 0 heterocycles. The van der Waals surface area contributed by atoms with Crippen molar-refractivity contribution in [1.29, 1.82) is 0 Å². The van der Waals surface area contributed by atoms with Crippen LogP contribution in [0.2, 0.25) is 10.6 Å². The topological polar surface area (TPSA) is 164 Å². The quantitative estimate of drug-likeness (QED) is 0.0637. The molecule has 0 radical (unpaired) electrons. The Morgan fingerprint density at radius 3 is 1.47 bits per heavy atom. The van der Waals surface area contributed by atoms with Gasteiger partial charge < -0.3 is 0 Å². The van der Waals surface area contributed by atoms with Crippen molar-refractivity contribution in [3.8, 4) is 11.5 Å². The molecule has 0 saturated heterocycles. The van der Waals surface area contributed by atoms with Gasteiger partial charge in [0.05, 0.1) is 0 Å². The van der Waals surface area contributed by atoms with Gasteiger partial charge in [0.25, 0.3) is 0 Å². The molecular weight excluding hydrogens is 612 g/mol. The Kier molecular flexibility index (Phi) is 12.1. The van der Waals surface area contributed by atoms with E-state index in [1.54, 1.807) is 0 Å². The molecule has 0 aliphatic rings. The zero-order valence-electron chi connectivity index (χ0n) is 18.8. The first-order valence-electron chi connectivity index (χ1n) is 10.4. The third kappa shape index (κ3) is 9.46. The van der Waals surface area contributed by atoms with E-state index < -0.39 is 34.9 Å². The molecule has 14 heteroatoms. The summed E-state index contributed by atoms with van der Waals surface area (Å²) in [6.07, 6.45) is -0.204. The summed E-state index contributed by atoms with van der Waals surface area (Å²) in [7, 11) is 0.